The smallest absolute Gasteiger partial charge is 0.247 e. The summed E-state index contributed by atoms with van der Waals surface area (Å²) in [5.74, 6) is 0.410. The zero-order chi connectivity index (χ0) is 25.8. The first-order valence-electron chi connectivity index (χ1n) is 11.9. The molecule has 2 aromatic heterocycles. The Labute approximate surface area is 215 Å². The van der Waals surface area contributed by atoms with Gasteiger partial charge in [-0.25, -0.2) is 18.4 Å². The zero-order valence-corrected chi connectivity index (χ0v) is 21.0. The van der Waals surface area contributed by atoms with E-state index in [4.69, 9.17) is 4.74 Å². The number of carbonyl (C=O) groups is 1. The summed E-state index contributed by atoms with van der Waals surface area (Å²) in [5, 5.41) is 3.59. The van der Waals surface area contributed by atoms with Gasteiger partial charge in [-0.15, -0.1) is 0 Å². The Morgan fingerprint density at radius 2 is 1.68 bits per heavy atom. The number of H-pyrrole nitrogens is 1. The third-order valence-corrected chi connectivity index (χ3v) is 7.71. The predicted molar refractivity (Wildman–Crippen MR) is 144 cm³/mol. The molecule has 190 valence electrons. The Bertz CT molecular complexity index is 1520. The Balaban J connectivity index is 1.28. The number of aromatic amines is 1. The first kappa shape index (κ1) is 24.7. The van der Waals surface area contributed by atoms with Gasteiger partial charge >= 0.3 is 0 Å². The molecule has 4 aromatic rings. The van der Waals surface area contributed by atoms with E-state index in [2.05, 4.69) is 31.7 Å². The maximum atomic E-state index is 12.8. The van der Waals surface area contributed by atoms with Crippen molar-refractivity contribution in [1.29, 1.82) is 0 Å². The van der Waals surface area contributed by atoms with Crippen molar-refractivity contribution in [1.82, 2.24) is 15.0 Å². The van der Waals surface area contributed by atoms with Crippen LogP contribution in [0.2, 0.25) is 0 Å². The van der Waals surface area contributed by atoms with Gasteiger partial charge in [0.2, 0.25) is 5.91 Å². The Morgan fingerprint density at radius 3 is 2.32 bits per heavy atom. The van der Waals surface area contributed by atoms with E-state index in [0.717, 1.165) is 41.2 Å². The van der Waals surface area contributed by atoms with E-state index in [1.807, 2.05) is 30.3 Å². The maximum Gasteiger partial charge on any atom is 0.247 e. The average Bonchev–Trinajstić information content (AvgIpc) is 3.35. The second-order valence-corrected chi connectivity index (χ2v) is 10.9. The molecule has 10 heteroatoms. The molecule has 1 aliphatic rings. The summed E-state index contributed by atoms with van der Waals surface area (Å²) >= 11 is 0. The summed E-state index contributed by atoms with van der Waals surface area (Å²) in [4.78, 5) is 25.8. The highest BCUT2D eigenvalue weighted by Crippen LogP contribution is 2.29. The Hall–Kier alpha value is -4.02. The first-order valence-corrected chi connectivity index (χ1v) is 13.7. The maximum absolute atomic E-state index is 12.8. The van der Waals surface area contributed by atoms with E-state index < -0.39 is 9.84 Å². The van der Waals surface area contributed by atoms with E-state index in [-0.39, 0.29) is 17.4 Å². The predicted octanol–water partition coefficient (Wildman–Crippen LogP) is 3.70. The van der Waals surface area contributed by atoms with Gasteiger partial charge in [0.05, 0.1) is 30.1 Å². The number of aromatic nitrogens is 3. The van der Waals surface area contributed by atoms with Crippen molar-refractivity contribution in [3.8, 4) is 11.3 Å². The fourth-order valence-corrected chi connectivity index (χ4v) is 5.83. The van der Waals surface area contributed by atoms with E-state index >= 15 is 0 Å². The number of ether oxygens (including phenoxy) is 1. The number of nitrogens with one attached hydrogen (secondary N) is 2. The monoisotopic (exact) mass is 517 g/mol. The lowest BCUT2D eigenvalue weighted by atomic mass is 10.1. The molecule has 0 spiro atoms. The van der Waals surface area contributed by atoms with Crippen molar-refractivity contribution in [2.45, 2.75) is 11.5 Å². The van der Waals surface area contributed by atoms with Crippen molar-refractivity contribution < 1.29 is 17.9 Å². The molecule has 0 atom stereocenters. The second-order valence-electron chi connectivity index (χ2n) is 8.86. The lowest BCUT2D eigenvalue weighted by Gasteiger charge is -2.27. The number of carbonyl (C=O) groups excluding carboxylic acids is 1. The molecule has 0 bridgehead atoms. The topological polar surface area (TPSA) is 117 Å². The highest BCUT2D eigenvalue weighted by atomic mass is 32.2. The number of sulfone groups is 1. The van der Waals surface area contributed by atoms with Crippen LogP contribution in [0, 0.1) is 0 Å². The Kier molecular flexibility index (Phi) is 7.02. The quantitative estimate of drug-likeness (QED) is 0.342. The summed E-state index contributed by atoms with van der Waals surface area (Å²) in [5.41, 5.74) is 4.54. The molecule has 1 aliphatic heterocycles. The molecular weight excluding hydrogens is 490 g/mol. The summed E-state index contributed by atoms with van der Waals surface area (Å²) < 4.78 is 31.1. The van der Waals surface area contributed by atoms with Crippen molar-refractivity contribution in [2.24, 2.45) is 0 Å². The van der Waals surface area contributed by atoms with Crippen LogP contribution in [0.5, 0.6) is 0 Å². The number of fused-ring (bicyclic) bond motifs is 1. The number of benzene rings is 2. The van der Waals surface area contributed by atoms with E-state index in [1.165, 1.54) is 6.08 Å². The minimum absolute atomic E-state index is 0.0679. The molecule has 2 aromatic carbocycles. The number of morpholine rings is 1. The molecule has 1 saturated heterocycles. The minimum atomic E-state index is -3.39. The SMILES string of the molecule is C=CC(=O)Nc1ccc(CS(=O)(=O)Cc2ccc(-c3cc4c(N5CCOCC5)ncnc4[nH]3)cc2)cc1. The van der Waals surface area contributed by atoms with Gasteiger partial charge in [0, 0.05) is 24.5 Å². The third-order valence-electron chi connectivity index (χ3n) is 6.16. The van der Waals surface area contributed by atoms with Crippen LogP contribution in [0.4, 0.5) is 11.5 Å². The van der Waals surface area contributed by atoms with E-state index in [9.17, 15) is 13.2 Å². The van der Waals surface area contributed by atoms with Crippen LogP contribution in [0.25, 0.3) is 22.3 Å². The fraction of sp³-hybridized carbons (Fsp3) is 0.222. The van der Waals surface area contributed by atoms with Crippen molar-refractivity contribution in [3.05, 3.63) is 84.7 Å². The molecule has 1 amide bonds. The van der Waals surface area contributed by atoms with Gasteiger partial charge in [0.25, 0.3) is 0 Å². The number of rotatable bonds is 8. The van der Waals surface area contributed by atoms with Crippen molar-refractivity contribution in [2.75, 3.05) is 36.5 Å². The normalized spacial score (nSPS) is 14.0. The number of anilines is 2. The van der Waals surface area contributed by atoms with Crippen LogP contribution in [-0.4, -0.2) is 55.6 Å². The minimum Gasteiger partial charge on any atom is -0.378 e. The van der Waals surface area contributed by atoms with E-state index in [0.29, 0.717) is 30.0 Å². The van der Waals surface area contributed by atoms with Gasteiger partial charge in [0.15, 0.2) is 9.84 Å². The molecule has 5 rings (SSSR count). The van der Waals surface area contributed by atoms with E-state index in [1.54, 1.807) is 30.6 Å². The van der Waals surface area contributed by atoms with Crippen LogP contribution in [0.3, 0.4) is 0 Å². The van der Waals surface area contributed by atoms with Crippen LogP contribution in [-0.2, 0) is 30.9 Å². The van der Waals surface area contributed by atoms with Crippen LogP contribution < -0.4 is 10.2 Å². The number of hydrogen-bond acceptors (Lipinski definition) is 7. The molecule has 1 fully saturated rings. The van der Waals surface area contributed by atoms with Gasteiger partial charge in [-0.2, -0.15) is 0 Å². The average molecular weight is 518 g/mol. The van der Waals surface area contributed by atoms with Gasteiger partial charge in [0.1, 0.15) is 17.8 Å². The highest BCUT2D eigenvalue weighted by Gasteiger charge is 2.18. The fourth-order valence-electron chi connectivity index (χ4n) is 4.33. The molecule has 3 heterocycles. The standard InChI is InChI=1S/C27H27N5O4S/c1-2-25(33)30-22-9-5-20(6-10-22)17-37(34,35)16-19-3-7-21(8-4-19)24-15-23-26(31-24)28-18-29-27(23)32-11-13-36-14-12-32/h2-10,15,18H,1,11-14,16-17H2,(H,30,33)(H,28,29,31). The summed E-state index contributed by atoms with van der Waals surface area (Å²) in [7, 11) is -3.39. The molecule has 37 heavy (non-hydrogen) atoms. The van der Waals surface area contributed by atoms with Gasteiger partial charge in [-0.1, -0.05) is 43.0 Å². The highest BCUT2D eigenvalue weighted by molar-refractivity contribution is 7.89. The molecular formula is C27H27N5O4S. The lowest BCUT2D eigenvalue weighted by Crippen LogP contribution is -2.36. The molecule has 0 aliphatic carbocycles. The molecule has 2 N–H and O–H groups in total. The summed E-state index contributed by atoms with van der Waals surface area (Å²) in [6.45, 7) is 6.33. The second kappa shape index (κ2) is 10.5. The zero-order valence-electron chi connectivity index (χ0n) is 20.2. The largest absolute Gasteiger partial charge is 0.378 e. The van der Waals surface area contributed by atoms with Gasteiger partial charge in [-0.3, -0.25) is 4.79 Å². The van der Waals surface area contributed by atoms with Crippen molar-refractivity contribution in [3.63, 3.8) is 0 Å². The first-order chi connectivity index (χ1) is 17.9. The molecule has 0 radical (unpaired) electrons. The summed E-state index contributed by atoms with van der Waals surface area (Å²) in [6, 6.07) is 16.3. The summed E-state index contributed by atoms with van der Waals surface area (Å²) in [6.07, 6.45) is 2.74. The molecule has 0 saturated carbocycles. The lowest BCUT2D eigenvalue weighted by molar-refractivity contribution is -0.111. The van der Waals surface area contributed by atoms with Crippen LogP contribution >= 0.6 is 0 Å². The van der Waals surface area contributed by atoms with Gasteiger partial charge < -0.3 is 19.9 Å². The number of nitrogens with zero attached hydrogens (tertiary/aromatic N) is 3. The van der Waals surface area contributed by atoms with Gasteiger partial charge in [-0.05, 0) is 41.0 Å². The third kappa shape index (κ3) is 5.87. The molecule has 9 nitrogen and oxygen atoms in total. The number of hydrogen-bond donors (Lipinski definition) is 2. The van der Waals surface area contributed by atoms with Crippen LogP contribution in [0.1, 0.15) is 11.1 Å². The Morgan fingerprint density at radius 1 is 1.03 bits per heavy atom. The molecule has 0 unspecified atom stereocenters. The number of amides is 1. The van der Waals surface area contributed by atoms with Crippen molar-refractivity contribution >= 4 is 38.3 Å². The van der Waals surface area contributed by atoms with Crippen LogP contribution in [0.15, 0.2) is 73.6 Å².